The number of carbonyl (C=O) groups excluding carboxylic acids is 1. The van der Waals surface area contributed by atoms with Crippen LogP contribution in [-0.2, 0) is 4.79 Å². The number of alkyl halides is 3. The van der Waals surface area contributed by atoms with E-state index in [0.29, 0.717) is 23.1 Å². The molecule has 2 aliphatic rings. The highest BCUT2D eigenvalue weighted by Crippen LogP contribution is 2.45. The first-order valence-electron chi connectivity index (χ1n) is 10.8. The Bertz CT molecular complexity index is 1340. The van der Waals surface area contributed by atoms with Crippen LogP contribution in [0.15, 0.2) is 30.6 Å². The molecule has 1 amide bonds. The molecule has 2 fully saturated rings. The number of benzene rings is 2. The van der Waals surface area contributed by atoms with Crippen LogP contribution in [0.1, 0.15) is 6.42 Å². The van der Waals surface area contributed by atoms with E-state index in [-0.39, 0.29) is 42.2 Å². The van der Waals surface area contributed by atoms with Crippen molar-refractivity contribution in [2.75, 3.05) is 25.5 Å². The summed E-state index contributed by atoms with van der Waals surface area (Å²) in [4.78, 5) is 20.8. The van der Waals surface area contributed by atoms with E-state index in [1.807, 2.05) is 0 Å². The summed E-state index contributed by atoms with van der Waals surface area (Å²) < 4.78 is 78.0. The van der Waals surface area contributed by atoms with Gasteiger partial charge in [-0.25, -0.2) is 18.7 Å². The van der Waals surface area contributed by atoms with Crippen LogP contribution in [0.2, 0.25) is 5.02 Å². The highest BCUT2D eigenvalue weighted by atomic mass is 35.5. The van der Waals surface area contributed by atoms with Crippen LogP contribution in [0.5, 0.6) is 11.5 Å². The summed E-state index contributed by atoms with van der Waals surface area (Å²) in [6.07, 6.45) is -3.44. The highest BCUT2D eigenvalue weighted by molar-refractivity contribution is 6.31. The van der Waals surface area contributed by atoms with Gasteiger partial charge in [0.25, 0.3) is 0 Å². The number of rotatable bonds is 5. The van der Waals surface area contributed by atoms with Crippen molar-refractivity contribution in [3.05, 3.63) is 47.2 Å². The van der Waals surface area contributed by atoms with Gasteiger partial charge in [0, 0.05) is 36.4 Å². The lowest BCUT2D eigenvalue weighted by Crippen LogP contribution is -2.63. The molecule has 190 valence electrons. The fourth-order valence-corrected chi connectivity index (χ4v) is 4.86. The number of carbonyl (C=O) groups is 1. The monoisotopic (exact) mass is 528 g/mol. The normalized spacial score (nSPS) is 21.2. The molecule has 1 aromatic heterocycles. The molecule has 13 heteroatoms. The first-order valence-corrected chi connectivity index (χ1v) is 11.2. The number of ether oxygens (including phenoxy) is 2. The van der Waals surface area contributed by atoms with Crippen molar-refractivity contribution in [3.8, 4) is 11.5 Å². The van der Waals surface area contributed by atoms with E-state index >= 15 is 0 Å². The maximum absolute atomic E-state index is 14.4. The summed E-state index contributed by atoms with van der Waals surface area (Å²) in [6.45, 7) is -0.119. The molecule has 3 atom stereocenters. The number of hydrogen-bond donors (Lipinski definition) is 1. The fraction of sp³-hybridized carbons (Fsp3) is 0.348. The van der Waals surface area contributed by atoms with E-state index in [1.54, 1.807) is 12.1 Å². The predicted molar refractivity (Wildman–Crippen MR) is 119 cm³/mol. The molecule has 5 rings (SSSR count). The molecular formula is C23H18ClF5N4O3. The van der Waals surface area contributed by atoms with Crippen LogP contribution in [0.3, 0.4) is 0 Å². The molecule has 1 saturated carbocycles. The van der Waals surface area contributed by atoms with Crippen molar-refractivity contribution in [3.63, 3.8) is 0 Å². The van der Waals surface area contributed by atoms with Crippen LogP contribution >= 0.6 is 11.6 Å². The minimum atomic E-state index is -4.92. The zero-order valence-corrected chi connectivity index (χ0v) is 19.3. The molecule has 1 aliphatic carbocycles. The van der Waals surface area contributed by atoms with Crippen LogP contribution in [0.25, 0.3) is 10.9 Å². The van der Waals surface area contributed by atoms with Crippen molar-refractivity contribution in [1.82, 2.24) is 14.9 Å². The van der Waals surface area contributed by atoms with E-state index in [2.05, 4.69) is 15.3 Å². The molecule has 1 N–H and O–H groups in total. The minimum Gasteiger partial charge on any atom is -0.493 e. The van der Waals surface area contributed by atoms with Crippen molar-refractivity contribution in [2.24, 2.45) is 11.8 Å². The molecule has 36 heavy (non-hydrogen) atoms. The minimum absolute atomic E-state index is 0.0596. The summed E-state index contributed by atoms with van der Waals surface area (Å²) in [6, 6.07) is 5.34. The number of methoxy groups -OCH3 is 1. The summed E-state index contributed by atoms with van der Waals surface area (Å²) in [5, 5.41) is 2.53. The highest BCUT2D eigenvalue weighted by Gasteiger charge is 2.53. The smallest absolute Gasteiger partial charge is 0.471 e. The summed E-state index contributed by atoms with van der Waals surface area (Å²) in [7, 11) is 1.43. The molecule has 2 bridgehead atoms. The SMILES string of the molecule is COc1cc2ncnc(Nc3ccc(F)c(Cl)c3F)c2cc1O[C@H]1[C@@H]2C[C@H]1CN(C(=O)C(F)(F)F)C2. The van der Waals surface area contributed by atoms with E-state index in [0.717, 1.165) is 11.0 Å². The van der Waals surface area contributed by atoms with Gasteiger partial charge in [-0.05, 0) is 24.6 Å². The van der Waals surface area contributed by atoms with Gasteiger partial charge in [0.15, 0.2) is 17.3 Å². The number of amides is 1. The van der Waals surface area contributed by atoms with Crippen molar-refractivity contribution in [1.29, 1.82) is 0 Å². The molecule has 0 unspecified atom stereocenters. The van der Waals surface area contributed by atoms with Gasteiger partial charge in [0.2, 0.25) is 0 Å². The maximum Gasteiger partial charge on any atom is 0.471 e. The quantitative estimate of drug-likeness (QED) is 0.367. The predicted octanol–water partition coefficient (Wildman–Crippen LogP) is 5.10. The average molecular weight is 529 g/mol. The topological polar surface area (TPSA) is 76.6 Å². The first kappa shape index (κ1) is 24.3. The van der Waals surface area contributed by atoms with Gasteiger partial charge in [0.1, 0.15) is 29.1 Å². The van der Waals surface area contributed by atoms with Gasteiger partial charge in [-0.15, -0.1) is 0 Å². The van der Waals surface area contributed by atoms with Crippen molar-refractivity contribution < 1.29 is 36.2 Å². The van der Waals surface area contributed by atoms with Gasteiger partial charge < -0.3 is 19.7 Å². The summed E-state index contributed by atoms with van der Waals surface area (Å²) in [5.74, 6) is -3.48. The standard InChI is InChI=1S/C23H18ClF5N4O3/c1-35-16-6-15-12(21(31-9-30-15)32-14-3-2-13(25)18(24)19(14)26)5-17(16)36-20-10-4-11(20)8-33(7-10)22(34)23(27,28)29/h2-3,5-6,9-11,20H,4,7-8H2,1H3,(H,30,31,32)/t10-,11+,20+. The zero-order chi connectivity index (χ0) is 25.8. The van der Waals surface area contributed by atoms with E-state index in [1.165, 1.54) is 19.5 Å². The first-order chi connectivity index (χ1) is 17.1. The lowest BCUT2D eigenvalue weighted by Gasteiger charge is -2.52. The fourth-order valence-electron chi connectivity index (χ4n) is 4.69. The molecule has 2 aromatic carbocycles. The van der Waals surface area contributed by atoms with Crippen LogP contribution in [-0.4, -0.2) is 53.3 Å². The molecular weight excluding hydrogens is 511 g/mol. The second-order valence-electron chi connectivity index (χ2n) is 8.64. The van der Waals surface area contributed by atoms with Crippen LogP contribution < -0.4 is 14.8 Å². The Morgan fingerprint density at radius 3 is 2.53 bits per heavy atom. The molecule has 1 saturated heterocycles. The van der Waals surface area contributed by atoms with Crippen molar-refractivity contribution >= 4 is 39.9 Å². The lowest BCUT2D eigenvalue weighted by molar-refractivity contribution is -0.196. The number of nitrogens with zero attached hydrogens (tertiary/aromatic N) is 3. The Morgan fingerprint density at radius 2 is 1.86 bits per heavy atom. The van der Waals surface area contributed by atoms with Gasteiger partial charge in [-0.3, -0.25) is 4.79 Å². The molecule has 0 radical (unpaired) electrons. The lowest BCUT2D eigenvalue weighted by atomic mass is 9.68. The average Bonchev–Trinajstić information content (AvgIpc) is 2.86. The number of aromatic nitrogens is 2. The third-order valence-corrected chi connectivity index (χ3v) is 6.79. The Balaban J connectivity index is 1.42. The molecule has 7 nitrogen and oxygen atoms in total. The summed E-state index contributed by atoms with van der Waals surface area (Å²) >= 11 is 5.67. The van der Waals surface area contributed by atoms with E-state index in [9.17, 15) is 26.7 Å². The second-order valence-corrected chi connectivity index (χ2v) is 9.01. The Hall–Kier alpha value is -3.41. The number of fused-ring (bicyclic) bond motifs is 3. The molecule has 3 aromatic rings. The summed E-state index contributed by atoms with van der Waals surface area (Å²) in [5.41, 5.74) is 0.323. The van der Waals surface area contributed by atoms with Gasteiger partial charge >= 0.3 is 12.1 Å². The van der Waals surface area contributed by atoms with E-state index < -0.39 is 34.8 Å². The second kappa shape index (κ2) is 8.91. The van der Waals surface area contributed by atoms with Crippen molar-refractivity contribution in [2.45, 2.75) is 18.7 Å². The molecule has 1 aliphatic heterocycles. The Labute approximate surface area is 206 Å². The van der Waals surface area contributed by atoms with Gasteiger partial charge in [0.05, 0.1) is 18.3 Å². The van der Waals surface area contributed by atoms with Crippen LogP contribution in [0, 0.1) is 23.5 Å². The maximum atomic E-state index is 14.4. The molecule has 0 spiro atoms. The third kappa shape index (κ3) is 4.23. The molecule has 2 heterocycles. The third-order valence-electron chi connectivity index (χ3n) is 6.45. The van der Waals surface area contributed by atoms with Crippen LogP contribution in [0.4, 0.5) is 33.5 Å². The Morgan fingerprint density at radius 1 is 1.14 bits per heavy atom. The number of piperidine rings is 2. The number of nitrogens with one attached hydrogen (secondary N) is 1. The largest absolute Gasteiger partial charge is 0.493 e. The number of anilines is 2. The number of halogens is 6. The van der Waals surface area contributed by atoms with Gasteiger partial charge in [-0.2, -0.15) is 13.2 Å². The zero-order valence-electron chi connectivity index (χ0n) is 18.6. The Kier molecular flexibility index (Phi) is 6.01. The van der Waals surface area contributed by atoms with E-state index in [4.69, 9.17) is 21.1 Å². The van der Waals surface area contributed by atoms with Gasteiger partial charge in [-0.1, -0.05) is 11.6 Å². The number of likely N-dealkylation sites (tertiary alicyclic amines) is 1. The number of hydrogen-bond acceptors (Lipinski definition) is 6.